The van der Waals surface area contributed by atoms with E-state index in [4.69, 9.17) is 0 Å². The van der Waals surface area contributed by atoms with Gasteiger partial charge in [-0.2, -0.15) is 0 Å². The summed E-state index contributed by atoms with van der Waals surface area (Å²) in [5.74, 6) is 0. The summed E-state index contributed by atoms with van der Waals surface area (Å²) in [6.45, 7) is 4.81. The monoisotopic (exact) mass is 1010 g/mol. The molecule has 14 aromatic rings. The molecule has 2 heterocycles. The van der Waals surface area contributed by atoms with Crippen molar-refractivity contribution in [2.45, 2.75) is 19.3 Å². The zero-order valence-electron chi connectivity index (χ0n) is 43.6. The van der Waals surface area contributed by atoms with Crippen molar-refractivity contribution < 1.29 is 0 Å². The SMILES string of the molecule is CC1(C)c2cc(-c3ccc4c(c3)c3ccccc3n4-c3ccc([Si](c4ccccc4)(c4ccccc4)c4ccccc4)cc3)ccc2-c2ccc(-n3c4ccc(-c5ccccc5)cc4c4cc(-c5ccccc5)ccc43)cc21. The first kappa shape index (κ1) is 45.8. The molecule has 12 aromatic carbocycles. The third-order valence-corrected chi connectivity index (χ3v) is 21.9. The van der Waals surface area contributed by atoms with Crippen molar-refractivity contribution in [2.75, 3.05) is 0 Å². The molecular weight excluding hydrogens is 957 g/mol. The molecular formula is C75H54N2Si. The van der Waals surface area contributed by atoms with E-state index in [1.54, 1.807) is 0 Å². The highest BCUT2D eigenvalue weighted by Gasteiger charge is 2.41. The average molecular weight is 1010 g/mol. The molecule has 0 atom stereocenters. The topological polar surface area (TPSA) is 9.86 Å². The van der Waals surface area contributed by atoms with Gasteiger partial charge in [0.25, 0.3) is 0 Å². The van der Waals surface area contributed by atoms with Crippen LogP contribution in [0.25, 0.3) is 99.5 Å². The first-order chi connectivity index (χ1) is 38.4. The molecule has 15 rings (SSSR count). The maximum absolute atomic E-state index is 2.67. The first-order valence-corrected chi connectivity index (χ1v) is 29.2. The molecule has 2 aromatic heterocycles. The van der Waals surface area contributed by atoms with E-state index in [0.717, 1.165) is 5.69 Å². The number of rotatable bonds is 9. The van der Waals surface area contributed by atoms with E-state index in [1.165, 1.54) is 126 Å². The summed E-state index contributed by atoms with van der Waals surface area (Å²) in [6.07, 6.45) is 0. The Morgan fingerprint density at radius 2 is 0.603 bits per heavy atom. The second-order valence-electron chi connectivity index (χ2n) is 21.6. The van der Waals surface area contributed by atoms with Crippen molar-refractivity contribution in [3.05, 3.63) is 302 Å². The van der Waals surface area contributed by atoms with Crippen LogP contribution in [0, 0.1) is 0 Å². The largest absolute Gasteiger partial charge is 0.309 e. The molecule has 368 valence electrons. The Bertz CT molecular complexity index is 4400. The van der Waals surface area contributed by atoms with Crippen LogP contribution in [0.1, 0.15) is 25.0 Å². The Labute approximate surface area is 456 Å². The molecule has 0 N–H and O–H groups in total. The van der Waals surface area contributed by atoms with Crippen LogP contribution in [0.15, 0.2) is 291 Å². The predicted molar refractivity (Wildman–Crippen MR) is 333 cm³/mol. The van der Waals surface area contributed by atoms with Crippen molar-refractivity contribution in [3.8, 4) is 55.9 Å². The van der Waals surface area contributed by atoms with Gasteiger partial charge in [0.15, 0.2) is 8.07 Å². The lowest BCUT2D eigenvalue weighted by Gasteiger charge is -2.34. The normalized spacial score (nSPS) is 12.8. The Hall–Kier alpha value is -9.54. The number of fused-ring (bicyclic) bond motifs is 9. The number of hydrogen-bond acceptors (Lipinski definition) is 0. The maximum atomic E-state index is 2.48. The van der Waals surface area contributed by atoms with E-state index in [0.29, 0.717) is 0 Å². The van der Waals surface area contributed by atoms with E-state index in [-0.39, 0.29) is 5.41 Å². The molecule has 0 amide bonds. The standard InChI is InChI=1S/C75H54N2Si/c1-75(2)69-49-56(32-41-63(69)64-42-38-58(50-70(64)75)77-73-43-33-53(51-20-8-3-9-21-51)46-67(73)68-47-54(34-44-74(68)77)52-22-10-4-11-23-52)55-35-45-72-66(48-55)65-30-18-19-31-71(65)76(72)57-36-39-62(40-37-57)78(59-24-12-5-13-25-59,60-26-14-6-15-27-60)61-28-16-7-17-29-61/h3-50H,1-2H3. The first-order valence-electron chi connectivity index (χ1n) is 27.2. The van der Waals surface area contributed by atoms with Gasteiger partial charge in [-0.15, -0.1) is 0 Å². The van der Waals surface area contributed by atoms with Crippen molar-refractivity contribution in [2.24, 2.45) is 0 Å². The summed E-state index contributed by atoms with van der Waals surface area (Å²) in [4.78, 5) is 0. The van der Waals surface area contributed by atoms with E-state index in [9.17, 15) is 0 Å². The summed E-state index contributed by atoms with van der Waals surface area (Å²) < 4.78 is 4.94. The minimum Gasteiger partial charge on any atom is -0.309 e. The second kappa shape index (κ2) is 18.1. The molecule has 78 heavy (non-hydrogen) atoms. The number of para-hydroxylation sites is 1. The third kappa shape index (κ3) is 7.09. The third-order valence-electron chi connectivity index (χ3n) is 17.1. The smallest absolute Gasteiger partial charge is 0.179 e. The Balaban J connectivity index is 0.806. The molecule has 3 heteroatoms. The Morgan fingerprint density at radius 3 is 1.12 bits per heavy atom. The van der Waals surface area contributed by atoms with Crippen LogP contribution in [-0.4, -0.2) is 17.2 Å². The highest BCUT2D eigenvalue weighted by molar-refractivity contribution is 7.19. The van der Waals surface area contributed by atoms with Gasteiger partial charge in [0.1, 0.15) is 0 Å². The van der Waals surface area contributed by atoms with Crippen LogP contribution < -0.4 is 20.7 Å². The highest BCUT2D eigenvalue weighted by atomic mass is 28.3. The van der Waals surface area contributed by atoms with E-state index in [2.05, 4.69) is 314 Å². The maximum Gasteiger partial charge on any atom is 0.179 e. The lowest BCUT2D eigenvalue weighted by Crippen LogP contribution is -2.74. The fourth-order valence-corrected chi connectivity index (χ4v) is 18.1. The zero-order valence-corrected chi connectivity index (χ0v) is 44.6. The number of nitrogens with zero attached hydrogens (tertiary/aromatic N) is 2. The van der Waals surface area contributed by atoms with Crippen molar-refractivity contribution in [1.82, 2.24) is 9.13 Å². The van der Waals surface area contributed by atoms with Gasteiger partial charge in [0.2, 0.25) is 0 Å². The summed E-state index contributed by atoms with van der Waals surface area (Å²) in [6, 6.07) is 109. The lowest BCUT2D eigenvalue weighted by atomic mass is 9.81. The molecule has 0 aliphatic heterocycles. The summed E-state index contributed by atoms with van der Waals surface area (Å²) in [5.41, 5.74) is 19.6. The molecule has 0 unspecified atom stereocenters. The zero-order chi connectivity index (χ0) is 52.0. The molecule has 0 radical (unpaired) electrons. The number of hydrogen-bond donors (Lipinski definition) is 0. The van der Waals surface area contributed by atoms with E-state index in [1.807, 2.05) is 0 Å². The lowest BCUT2D eigenvalue weighted by molar-refractivity contribution is 0.660. The molecule has 2 nitrogen and oxygen atoms in total. The van der Waals surface area contributed by atoms with Gasteiger partial charge < -0.3 is 9.13 Å². The highest BCUT2D eigenvalue weighted by Crippen LogP contribution is 2.51. The predicted octanol–water partition coefficient (Wildman–Crippen LogP) is 16.6. The summed E-state index contributed by atoms with van der Waals surface area (Å²) in [7, 11) is -2.67. The molecule has 0 bridgehead atoms. The Kier molecular flexibility index (Phi) is 10.6. The molecule has 0 fully saturated rings. The van der Waals surface area contributed by atoms with Crippen LogP contribution in [0.2, 0.25) is 0 Å². The van der Waals surface area contributed by atoms with Gasteiger partial charge in [-0.1, -0.05) is 232 Å². The van der Waals surface area contributed by atoms with Crippen molar-refractivity contribution >= 4 is 72.4 Å². The second-order valence-corrected chi connectivity index (χ2v) is 25.4. The van der Waals surface area contributed by atoms with Crippen LogP contribution in [-0.2, 0) is 5.41 Å². The van der Waals surface area contributed by atoms with Gasteiger partial charge in [0, 0.05) is 38.3 Å². The summed E-state index contributed by atoms with van der Waals surface area (Å²) in [5, 5.41) is 10.5. The van der Waals surface area contributed by atoms with Crippen LogP contribution in [0.3, 0.4) is 0 Å². The van der Waals surface area contributed by atoms with Crippen LogP contribution in [0.4, 0.5) is 0 Å². The van der Waals surface area contributed by atoms with Gasteiger partial charge >= 0.3 is 0 Å². The van der Waals surface area contributed by atoms with Gasteiger partial charge in [-0.05, 0) is 149 Å². The summed E-state index contributed by atoms with van der Waals surface area (Å²) >= 11 is 0. The van der Waals surface area contributed by atoms with Crippen LogP contribution in [0.5, 0.6) is 0 Å². The molecule has 1 aliphatic carbocycles. The quantitative estimate of drug-likeness (QED) is 0.101. The molecule has 0 saturated heterocycles. The Morgan fingerprint density at radius 1 is 0.256 bits per heavy atom. The molecule has 0 saturated carbocycles. The fraction of sp³-hybridized carbons (Fsp3) is 0.0400. The number of benzene rings is 12. The molecule has 0 spiro atoms. The fourth-order valence-electron chi connectivity index (χ4n) is 13.3. The van der Waals surface area contributed by atoms with Crippen LogP contribution >= 0.6 is 0 Å². The van der Waals surface area contributed by atoms with E-state index < -0.39 is 8.07 Å². The molecule has 1 aliphatic rings. The van der Waals surface area contributed by atoms with Gasteiger partial charge in [0.05, 0.1) is 22.1 Å². The van der Waals surface area contributed by atoms with E-state index >= 15 is 0 Å². The minimum atomic E-state index is -2.67. The van der Waals surface area contributed by atoms with Crippen molar-refractivity contribution in [3.63, 3.8) is 0 Å². The van der Waals surface area contributed by atoms with Gasteiger partial charge in [-0.25, -0.2) is 0 Å². The number of aromatic nitrogens is 2. The van der Waals surface area contributed by atoms with Gasteiger partial charge in [-0.3, -0.25) is 0 Å². The van der Waals surface area contributed by atoms with Crippen molar-refractivity contribution in [1.29, 1.82) is 0 Å². The average Bonchev–Trinajstić information content (AvgIpc) is 4.27. The minimum absolute atomic E-state index is 0.231.